The van der Waals surface area contributed by atoms with Crippen molar-refractivity contribution in [3.8, 4) is 0 Å². The monoisotopic (exact) mass is 388 g/mol. The van der Waals surface area contributed by atoms with Crippen molar-refractivity contribution in [3.05, 3.63) is 34.4 Å². The van der Waals surface area contributed by atoms with Crippen LogP contribution in [-0.4, -0.2) is 72.5 Å². The van der Waals surface area contributed by atoms with Gasteiger partial charge < -0.3 is 9.80 Å². The van der Waals surface area contributed by atoms with Crippen molar-refractivity contribution in [2.75, 3.05) is 44.7 Å². The summed E-state index contributed by atoms with van der Waals surface area (Å²) in [4.78, 5) is 38.3. The molecule has 1 saturated heterocycles. The van der Waals surface area contributed by atoms with Crippen LogP contribution in [0.4, 0.5) is 24.5 Å². The fourth-order valence-corrected chi connectivity index (χ4v) is 2.68. The molecule has 148 valence electrons. The van der Waals surface area contributed by atoms with Crippen LogP contribution in [0.2, 0.25) is 0 Å². The lowest BCUT2D eigenvalue weighted by Crippen LogP contribution is -2.51. The Kier molecular flexibility index (Phi) is 6.37. The molecule has 0 radical (unpaired) electrons. The average Bonchev–Trinajstić information content (AvgIpc) is 2.60. The van der Waals surface area contributed by atoms with Crippen molar-refractivity contribution < 1.29 is 27.7 Å². The molecule has 27 heavy (non-hydrogen) atoms. The number of hydrogen-bond donors (Lipinski definition) is 0. The number of rotatable bonds is 5. The SMILES string of the molecule is CN(C(=O)CN1CCN(C(=O)CC(F)(F)F)CC1)c1ccc([N+](=O)[O-])cc1. The predicted octanol–water partition coefficient (Wildman–Crippen LogP) is 1.65. The number of benzene rings is 1. The summed E-state index contributed by atoms with van der Waals surface area (Å²) in [6.45, 7) is 0.883. The molecule has 0 N–H and O–H groups in total. The molecule has 0 aliphatic carbocycles. The van der Waals surface area contributed by atoms with Crippen molar-refractivity contribution in [1.82, 2.24) is 9.80 Å². The van der Waals surface area contributed by atoms with E-state index in [1.807, 2.05) is 0 Å². The highest BCUT2D eigenvalue weighted by atomic mass is 19.4. The Labute approximate surface area is 153 Å². The summed E-state index contributed by atoms with van der Waals surface area (Å²) < 4.78 is 36.9. The second kappa shape index (κ2) is 8.33. The number of non-ortho nitro benzene ring substituents is 1. The first-order valence-corrected chi connectivity index (χ1v) is 8.15. The molecule has 1 fully saturated rings. The van der Waals surface area contributed by atoms with E-state index >= 15 is 0 Å². The van der Waals surface area contributed by atoms with Crippen molar-refractivity contribution in [2.24, 2.45) is 0 Å². The molecule has 2 rings (SSSR count). The van der Waals surface area contributed by atoms with Crippen LogP contribution in [-0.2, 0) is 9.59 Å². The van der Waals surface area contributed by atoms with Crippen LogP contribution < -0.4 is 4.90 Å². The zero-order valence-electron chi connectivity index (χ0n) is 14.6. The molecular formula is C16H19F3N4O4. The number of amides is 2. The Morgan fingerprint density at radius 3 is 2.19 bits per heavy atom. The second-order valence-electron chi connectivity index (χ2n) is 6.18. The van der Waals surface area contributed by atoms with Gasteiger partial charge in [-0.15, -0.1) is 0 Å². The van der Waals surface area contributed by atoms with Gasteiger partial charge >= 0.3 is 6.18 Å². The maximum Gasteiger partial charge on any atom is 0.397 e. The number of nitrogens with zero attached hydrogens (tertiary/aromatic N) is 4. The number of carbonyl (C=O) groups is 2. The number of piperazine rings is 1. The average molecular weight is 388 g/mol. The molecule has 0 saturated carbocycles. The van der Waals surface area contributed by atoms with Crippen LogP contribution in [0, 0.1) is 10.1 Å². The molecule has 0 unspecified atom stereocenters. The largest absolute Gasteiger partial charge is 0.397 e. The van der Waals surface area contributed by atoms with Gasteiger partial charge in [0.25, 0.3) is 5.69 Å². The van der Waals surface area contributed by atoms with Gasteiger partial charge in [0.05, 0.1) is 11.5 Å². The lowest BCUT2D eigenvalue weighted by atomic mass is 10.2. The zero-order valence-corrected chi connectivity index (χ0v) is 14.6. The minimum Gasteiger partial charge on any atom is -0.340 e. The number of anilines is 1. The van der Waals surface area contributed by atoms with Crippen LogP contribution in [0.1, 0.15) is 6.42 Å². The topological polar surface area (TPSA) is 87.0 Å². The zero-order chi connectivity index (χ0) is 20.2. The van der Waals surface area contributed by atoms with E-state index in [1.54, 1.807) is 4.90 Å². The molecule has 8 nitrogen and oxygen atoms in total. The van der Waals surface area contributed by atoms with E-state index in [1.165, 1.54) is 36.2 Å². The molecule has 0 aromatic heterocycles. The van der Waals surface area contributed by atoms with Crippen LogP contribution in [0.15, 0.2) is 24.3 Å². The molecule has 11 heteroatoms. The maximum atomic E-state index is 12.4. The van der Waals surface area contributed by atoms with Crippen LogP contribution in [0.5, 0.6) is 0 Å². The van der Waals surface area contributed by atoms with Crippen LogP contribution in [0.3, 0.4) is 0 Å². The fourth-order valence-electron chi connectivity index (χ4n) is 2.68. The van der Waals surface area contributed by atoms with E-state index in [2.05, 4.69) is 0 Å². The standard InChI is InChI=1S/C16H19F3N4O4/c1-20(12-2-4-13(5-3-12)23(26)27)15(25)11-21-6-8-22(9-7-21)14(24)10-16(17,18)19/h2-5H,6-11H2,1H3. The van der Waals surface area contributed by atoms with E-state index in [-0.39, 0.29) is 31.2 Å². The molecule has 0 spiro atoms. The maximum absolute atomic E-state index is 12.4. The lowest BCUT2D eigenvalue weighted by molar-refractivity contribution is -0.384. The minimum absolute atomic E-state index is 0.0365. The Balaban J connectivity index is 1.84. The van der Waals surface area contributed by atoms with E-state index in [0.717, 1.165) is 4.90 Å². The normalized spacial score (nSPS) is 15.5. The Morgan fingerprint density at radius 1 is 1.15 bits per heavy atom. The van der Waals surface area contributed by atoms with E-state index < -0.39 is 23.4 Å². The number of halogens is 3. The Morgan fingerprint density at radius 2 is 1.70 bits per heavy atom. The third kappa shape index (κ3) is 5.91. The number of nitro groups is 1. The minimum atomic E-state index is -4.53. The molecule has 1 aliphatic heterocycles. The van der Waals surface area contributed by atoms with Gasteiger partial charge in [0.2, 0.25) is 11.8 Å². The fraction of sp³-hybridized carbons (Fsp3) is 0.500. The van der Waals surface area contributed by atoms with Gasteiger partial charge in [-0.25, -0.2) is 0 Å². The first kappa shape index (κ1) is 20.6. The van der Waals surface area contributed by atoms with Gasteiger partial charge in [-0.2, -0.15) is 13.2 Å². The highest BCUT2D eigenvalue weighted by Gasteiger charge is 2.34. The summed E-state index contributed by atoms with van der Waals surface area (Å²) in [5, 5.41) is 10.7. The molecule has 1 aromatic carbocycles. The molecule has 0 bridgehead atoms. The smallest absolute Gasteiger partial charge is 0.340 e. The highest BCUT2D eigenvalue weighted by Crippen LogP contribution is 2.21. The summed E-state index contributed by atoms with van der Waals surface area (Å²) in [5.74, 6) is -1.23. The van der Waals surface area contributed by atoms with Gasteiger partial charge in [-0.1, -0.05) is 0 Å². The first-order chi connectivity index (χ1) is 12.6. The van der Waals surface area contributed by atoms with Crippen molar-refractivity contribution in [2.45, 2.75) is 12.6 Å². The molecule has 1 heterocycles. The van der Waals surface area contributed by atoms with Gasteiger partial charge in [-0.3, -0.25) is 24.6 Å². The quantitative estimate of drug-likeness (QED) is 0.566. The molecule has 2 amide bonds. The van der Waals surface area contributed by atoms with Gasteiger partial charge in [0, 0.05) is 51.0 Å². The predicted molar refractivity (Wildman–Crippen MR) is 90.2 cm³/mol. The Hall–Kier alpha value is -2.69. The van der Waals surface area contributed by atoms with E-state index in [4.69, 9.17) is 0 Å². The number of alkyl halides is 3. The summed E-state index contributed by atoms with van der Waals surface area (Å²) in [7, 11) is 1.53. The van der Waals surface area contributed by atoms with Crippen LogP contribution in [0.25, 0.3) is 0 Å². The van der Waals surface area contributed by atoms with Crippen LogP contribution >= 0.6 is 0 Å². The van der Waals surface area contributed by atoms with Crippen molar-refractivity contribution in [3.63, 3.8) is 0 Å². The summed E-state index contributed by atoms with van der Waals surface area (Å²) in [6.07, 6.45) is -6.01. The molecule has 1 aliphatic rings. The molecule has 0 atom stereocenters. The summed E-state index contributed by atoms with van der Waals surface area (Å²) >= 11 is 0. The van der Waals surface area contributed by atoms with Crippen molar-refractivity contribution in [1.29, 1.82) is 0 Å². The highest BCUT2D eigenvalue weighted by molar-refractivity contribution is 5.94. The summed E-state index contributed by atoms with van der Waals surface area (Å²) in [5.41, 5.74) is 0.406. The number of hydrogen-bond acceptors (Lipinski definition) is 5. The lowest BCUT2D eigenvalue weighted by Gasteiger charge is -2.35. The molecular weight excluding hydrogens is 369 g/mol. The van der Waals surface area contributed by atoms with Gasteiger partial charge in [0.1, 0.15) is 6.42 Å². The number of likely N-dealkylation sites (N-methyl/N-ethyl adjacent to an activating group) is 1. The number of nitro benzene ring substituents is 1. The first-order valence-electron chi connectivity index (χ1n) is 8.15. The number of carbonyl (C=O) groups excluding carboxylic acids is 2. The van der Waals surface area contributed by atoms with Gasteiger partial charge in [-0.05, 0) is 12.1 Å². The van der Waals surface area contributed by atoms with E-state index in [9.17, 15) is 32.9 Å². The van der Waals surface area contributed by atoms with Crippen molar-refractivity contribution >= 4 is 23.2 Å². The second-order valence-corrected chi connectivity index (χ2v) is 6.18. The summed E-state index contributed by atoms with van der Waals surface area (Å²) in [6, 6.07) is 5.52. The third-order valence-electron chi connectivity index (χ3n) is 4.26. The molecule has 1 aromatic rings. The van der Waals surface area contributed by atoms with E-state index in [0.29, 0.717) is 18.8 Å². The third-order valence-corrected chi connectivity index (χ3v) is 4.26. The Bertz CT molecular complexity index is 701. The van der Waals surface area contributed by atoms with Gasteiger partial charge in [0.15, 0.2) is 0 Å².